The van der Waals surface area contributed by atoms with E-state index in [4.69, 9.17) is 21.1 Å². The molecule has 4 atom stereocenters. The van der Waals surface area contributed by atoms with Crippen molar-refractivity contribution in [2.45, 2.75) is 31.5 Å². The molecule has 0 unspecified atom stereocenters. The Morgan fingerprint density at radius 3 is 3.00 bits per heavy atom. The summed E-state index contributed by atoms with van der Waals surface area (Å²) < 4.78 is 11.5. The zero-order valence-electron chi connectivity index (χ0n) is 14.0. The number of hydrogen-bond donors (Lipinski definition) is 0. The number of benzene rings is 1. The zero-order chi connectivity index (χ0) is 17.6. The maximum Gasteiger partial charge on any atom is 0.312 e. The van der Waals surface area contributed by atoms with Crippen LogP contribution in [0.1, 0.15) is 19.8 Å². The highest BCUT2D eigenvalue weighted by Crippen LogP contribution is 2.53. The van der Waals surface area contributed by atoms with Gasteiger partial charge in [0.25, 0.3) is 0 Å². The minimum atomic E-state index is -0.755. The first-order valence-corrected chi connectivity index (χ1v) is 9.05. The van der Waals surface area contributed by atoms with E-state index in [0.29, 0.717) is 23.9 Å². The number of carbonyl (C=O) groups excluding carboxylic acids is 2. The Morgan fingerprint density at radius 1 is 1.44 bits per heavy atom. The highest BCUT2D eigenvalue weighted by Gasteiger charge is 2.67. The van der Waals surface area contributed by atoms with E-state index in [2.05, 4.69) is 0 Å². The molecule has 2 fully saturated rings. The number of ether oxygens (including phenoxy) is 2. The van der Waals surface area contributed by atoms with Gasteiger partial charge in [0.05, 0.1) is 35.9 Å². The predicted molar refractivity (Wildman–Crippen MR) is 93.4 cm³/mol. The van der Waals surface area contributed by atoms with Crippen LogP contribution in [0.3, 0.4) is 0 Å². The fourth-order valence-electron chi connectivity index (χ4n) is 4.06. The summed E-state index contributed by atoms with van der Waals surface area (Å²) >= 11 is 6.26. The molecule has 0 aliphatic carbocycles. The molecule has 5 nitrogen and oxygen atoms in total. The largest absolute Gasteiger partial charge is 0.465 e. The average molecular weight is 362 g/mol. The van der Waals surface area contributed by atoms with Crippen molar-refractivity contribution >= 4 is 29.2 Å². The molecule has 0 aromatic heterocycles. The van der Waals surface area contributed by atoms with E-state index in [0.717, 1.165) is 12.8 Å². The second-order valence-corrected chi connectivity index (χ2v) is 7.20. The van der Waals surface area contributed by atoms with Crippen molar-refractivity contribution in [3.63, 3.8) is 0 Å². The first kappa shape index (κ1) is 16.6. The number of esters is 1. The number of rotatable bonds is 5. The van der Waals surface area contributed by atoms with Gasteiger partial charge in [-0.05, 0) is 18.6 Å². The number of carbonyl (C=O) groups is 2. The Hall–Kier alpha value is -1.85. The number of fused-ring (bicyclic) bond motifs is 1. The van der Waals surface area contributed by atoms with Crippen LogP contribution in [0.5, 0.6) is 0 Å². The van der Waals surface area contributed by atoms with Gasteiger partial charge in [0.2, 0.25) is 5.91 Å². The van der Waals surface area contributed by atoms with Crippen LogP contribution in [-0.4, -0.2) is 36.7 Å². The number of para-hydroxylation sites is 1. The summed E-state index contributed by atoms with van der Waals surface area (Å²) in [5.74, 6) is -1.60. The molecular formula is C19H20ClNO4. The molecule has 3 aliphatic rings. The lowest BCUT2D eigenvalue weighted by molar-refractivity contribution is -0.152. The third-order valence-electron chi connectivity index (χ3n) is 5.26. The van der Waals surface area contributed by atoms with Gasteiger partial charge >= 0.3 is 5.97 Å². The number of unbranched alkanes of at least 4 members (excludes halogenated alkanes) is 1. The van der Waals surface area contributed by atoms with Crippen LogP contribution < -0.4 is 4.90 Å². The van der Waals surface area contributed by atoms with Gasteiger partial charge in [0.15, 0.2) is 0 Å². The molecule has 1 aromatic rings. The highest BCUT2D eigenvalue weighted by atomic mass is 35.5. The first-order valence-electron chi connectivity index (χ1n) is 8.67. The van der Waals surface area contributed by atoms with Crippen molar-refractivity contribution in [3.05, 3.63) is 41.4 Å². The summed E-state index contributed by atoms with van der Waals surface area (Å²) in [5.41, 5.74) is -0.105. The predicted octanol–water partition coefficient (Wildman–Crippen LogP) is 2.97. The van der Waals surface area contributed by atoms with Crippen LogP contribution >= 0.6 is 11.6 Å². The molecule has 3 aliphatic heterocycles. The number of amides is 1. The molecule has 2 bridgehead atoms. The molecule has 0 radical (unpaired) electrons. The highest BCUT2D eigenvalue weighted by molar-refractivity contribution is 6.34. The number of nitrogens with zero attached hydrogens (tertiary/aromatic N) is 1. The Bertz CT molecular complexity index is 749. The minimum Gasteiger partial charge on any atom is -0.465 e. The fraction of sp³-hybridized carbons (Fsp3) is 0.474. The van der Waals surface area contributed by atoms with Gasteiger partial charge < -0.3 is 14.4 Å². The summed E-state index contributed by atoms with van der Waals surface area (Å²) in [5, 5.41) is 0.507. The molecule has 3 heterocycles. The van der Waals surface area contributed by atoms with Gasteiger partial charge in [0, 0.05) is 0 Å². The zero-order valence-corrected chi connectivity index (χ0v) is 14.7. The van der Waals surface area contributed by atoms with E-state index < -0.39 is 17.4 Å². The summed E-state index contributed by atoms with van der Waals surface area (Å²) in [6, 6.07) is 7.22. The lowest BCUT2D eigenvalue weighted by Crippen LogP contribution is -2.40. The van der Waals surface area contributed by atoms with Crippen molar-refractivity contribution in [3.8, 4) is 0 Å². The maximum absolute atomic E-state index is 13.1. The van der Waals surface area contributed by atoms with Crippen LogP contribution in [0.2, 0.25) is 5.02 Å². The Kier molecular flexibility index (Phi) is 4.08. The topological polar surface area (TPSA) is 55.8 Å². The van der Waals surface area contributed by atoms with Gasteiger partial charge in [-0.15, -0.1) is 0 Å². The van der Waals surface area contributed by atoms with Crippen molar-refractivity contribution in [2.75, 3.05) is 18.1 Å². The molecule has 4 rings (SSSR count). The standard InChI is InChI=1S/C19H20ClNO4/c1-2-3-10-24-18(23)15-14-8-9-19(25-14)11-21(17(22)16(15)19)13-7-5-4-6-12(13)20/h4-9,14-16H,2-3,10-11H2,1H3/t14-,15+,16-,19-/m0/s1. The first-order chi connectivity index (χ1) is 12.1. The number of halogens is 1. The summed E-state index contributed by atoms with van der Waals surface area (Å²) in [4.78, 5) is 27.3. The van der Waals surface area contributed by atoms with Crippen molar-refractivity contribution in [1.29, 1.82) is 0 Å². The fourth-order valence-corrected chi connectivity index (χ4v) is 4.29. The molecule has 1 spiro atoms. The molecule has 25 heavy (non-hydrogen) atoms. The molecule has 0 saturated carbocycles. The lowest BCUT2D eigenvalue weighted by atomic mass is 9.77. The SMILES string of the molecule is CCCCOC(=O)[C@@H]1[C@@H]2C=C[C@@]3(CN(c4ccccc4Cl)C(=O)[C@H]13)O2. The van der Waals surface area contributed by atoms with E-state index in [1.165, 1.54) is 0 Å². The lowest BCUT2D eigenvalue weighted by Gasteiger charge is -2.22. The van der Waals surface area contributed by atoms with Crippen LogP contribution in [0.25, 0.3) is 0 Å². The molecule has 2 saturated heterocycles. The molecule has 0 N–H and O–H groups in total. The van der Waals surface area contributed by atoms with Gasteiger partial charge in [-0.25, -0.2) is 0 Å². The normalized spacial score (nSPS) is 32.3. The van der Waals surface area contributed by atoms with Crippen molar-refractivity contribution in [1.82, 2.24) is 0 Å². The van der Waals surface area contributed by atoms with Crippen molar-refractivity contribution < 1.29 is 19.1 Å². The second-order valence-electron chi connectivity index (χ2n) is 6.80. The Labute approximate surface area is 151 Å². The Morgan fingerprint density at radius 2 is 2.24 bits per heavy atom. The third-order valence-corrected chi connectivity index (χ3v) is 5.58. The molecule has 1 aromatic carbocycles. The smallest absolute Gasteiger partial charge is 0.312 e. The van der Waals surface area contributed by atoms with Gasteiger partial charge in [-0.1, -0.05) is 49.2 Å². The summed E-state index contributed by atoms with van der Waals surface area (Å²) in [7, 11) is 0. The molecule has 6 heteroatoms. The van der Waals surface area contributed by atoms with E-state index in [-0.39, 0.29) is 18.0 Å². The van der Waals surface area contributed by atoms with Crippen LogP contribution in [0.15, 0.2) is 36.4 Å². The summed E-state index contributed by atoms with van der Waals surface area (Å²) in [6.45, 7) is 2.78. The van der Waals surface area contributed by atoms with E-state index in [1.807, 2.05) is 37.3 Å². The summed E-state index contributed by atoms with van der Waals surface area (Å²) in [6.07, 6.45) is 5.19. The van der Waals surface area contributed by atoms with E-state index in [9.17, 15) is 9.59 Å². The Balaban J connectivity index is 1.61. The molecule has 1 amide bonds. The average Bonchev–Trinajstić information content (AvgIpc) is 3.24. The number of hydrogen-bond acceptors (Lipinski definition) is 4. The van der Waals surface area contributed by atoms with Gasteiger partial charge in [-0.3, -0.25) is 9.59 Å². The minimum absolute atomic E-state index is 0.127. The van der Waals surface area contributed by atoms with Crippen LogP contribution in [0, 0.1) is 11.8 Å². The van der Waals surface area contributed by atoms with Gasteiger partial charge in [0.1, 0.15) is 11.5 Å². The monoisotopic (exact) mass is 361 g/mol. The molecular weight excluding hydrogens is 342 g/mol. The number of anilines is 1. The molecule has 132 valence electrons. The third kappa shape index (κ3) is 2.49. The van der Waals surface area contributed by atoms with Crippen molar-refractivity contribution in [2.24, 2.45) is 11.8 Å². The maximum atomic E-state index is 13.1. The second kappa shape index (κ2) is 6.15. The van der Waals surface area contributed by atoms with E-state index >= 15 is 0 Å². The van der Waals surface area contributed by atoms with Crippen LogP contribution in [0.4, 0.5) is 5.69 Å². The van der Waals surface area contributed by atoms with Gasteiger partial charge in [-0.2, -0.15) is 0 Å². The van der Waals surface area contributed by atoms with Crippen LogP contribution in [-0.2, 0) is 19.1 Å². The quantitative estimate of drug-likeness (QED) is 0.459. The van der Waals surface area contributed by atoms with E-state index in [1.54, 1.807) is 11.0 Å².